The van der Waals surface area contributed by atoms with Crippen molar-refractivity contribution in [2.75, 3.05) is 11.4 Å². The number of carbonyl (C=O) groups is 3. The lowest BCUT2D eigenvalue weighted by atomic mass is 9.38. The molecule has 2 heterocycles. The molecule has 1 fully saturated rings. The van der Waals surface area contributed by atoms with E-state index in [0.717, 1.165) is 33.7 Å². The van der Waals surface area contributed by atoms with E-state index in [0.29, 0.717) is 15.8 Å². The van der Waals surface area contributed by atoms with Gasteiger partial charge in [-0.25, -0.2) is 4.79 Å². The molecule has 11 heteroatoms. The van der Waals surface area contributed by atoms with E-state index in [1.165, 1.54) is 12.1 Å². The quantitative estimate of drug-likeness (QED) is 0.359. The normalized spacial score (nSPS) is 20.6. The second-order valence-electron chi connectivity index (χ2n) is 8.01. The van der Waals surface area contributed by atoms with Crippen molar-refractivity contribution < 1.29 is 32.3 Å². The van der Waals surface area contributed by atoms with Crippen molar-refractivity contribution in [1.82, 2.24) is 4.90 Å². The number of hydrogen-bond acceptors (Lipinski definition) is 4. The van der Waals surface area contributed by atoms with Crippen molar-refractivity contribution in [3.8, 4) is 5.75 Å². The summed E-state index contributed by atoms with van der Waals surface area (Å²) < 4.78 is 44.8. The monoisotopic (exact) mass is 508 g/mol. The van der Waals surface area contributed by atoms with Crippen molar-refractivity contribution in [1.29, 1.82) is 0 Å². The number of amides is 3. The topological polar surface area (TPSA) is 66.9 Å². The first-order valence-corrected chi connectivity index (χ1v) is 10.5. The molecule has 2 aliphatic heterocycles. The molecule has 0 bridgehead atoms. The molecule has 0 spiro atoms. The lowest BCUT2D eigenvalue weighted by Gasteiger charge is -2.19. The van der Waals surface area contributed by atoms with Gasteiger partial charge in [-0.15, -0.1) is 0 Å². The molecule has 2 aromatic carbocycles. The van der Waals surface area contributed by atoms with Gasteiger partial charge in [0.25, 0.3) is 5.91 Å². The number of rotatable bonds is 4. The van der Waals surface area contributed by atoms with Gasteiger partial charge in [0.05, 0.1) is 16.6 Å². The van der Waals surface area contributed by atoms with Gasteiger partial charge in [-0.2, -0.15) is 13.2 Å². The van der Waals surface area contributed by atoms with Crippen molar-refractivity contribution >= 4 is 52.0 Å². The molecule has 166 valence electrons. The Morgan fingerprint density at radius 1 is 1.22 bits per heavy atom. The van der Waals surface area contributed by atoms with Gasteiger partial charge in [-0.1, -0.05) is 12.9 Å². The Hall–Kier alpha value is -2.82. The summed E-state index contributed by atoms with van der Waals surface area (Å²) in [5.74, 6) is 0.0786. The minimum Gasteiger partial charge on any atom is -0.488 e. The standard InChI is InChI=1S/C21H17BBrF3N2O4/c1-20(11-29)22(2)15-7-12(8-16(23)18(15)32-20)9-28-17(30)10-27(19(28)31)14-5-3-13(4-6-14)21(24,25)26/h3-8,11H,9-10H2,1-2H3. The van der Waals surface area contributed by atoms with Gasteiger partial charge in [-0.05, 0) is 64.2 Å². The second kappa shape index (κ2) is 7.65. The Balaban J connectivity index is 1.56. The molecule has 0 aliphatic carbocycles. The minimum absolute atomic E-state index is 0.0226. The number of fused-ring (bicyclic) bond motifs is 1. The number of imide groups is 1. The maximum atomic E-state index is 12.9. The first-order chi connectivity index (χ1) is 14.9. The summed E-state index contributed by atoms with van der Waals surface area (Å²) in [4.78, 5) is 39.1. The molecule has 1 unspecified atom stereocenters. The summed E-state index contributed by atoms with van der Waals surface area (Å²) in [6.07, 6.45) is -3.74. The molecule has 0 saturated carbocycles. The summed E-state index contributed by atoms with van der Waals surface area (Å²) in [5.41, 5.74) is -0.211. The molecule has 2 aromatic rings. The summed E-state index contributed by atoms with van der Waals surface area (Å²) in [5, 5.41) is 0. The lowest BCUT2D eigenvalue weighted by Crippen LogP contribution is -2.48. The highest BCUT2D eigenvalue weighted by Crippen LogP contribution is 2.35. The van der Waals surface area contributed by atoms with Crippen molar-refractivity contribution in [2.45, 2.75) is 32.0 Å². The van der Waals surface area contributed by atoms with Crippen LogP contribution < -0.4 is 15.1 Å². The van der Waals surface area contributed by atoms with Gasteiger partial charge in [0.1, 0.15) is 17.8 Å². The molecule has 6 nitrogen and oxygen atoms in total. The Bertz CT molecular complexity index is 1130. The van der Waals surface area contributed by atoms with Crippen LogP contribution in [0.15, 0.2) is 40.9 Å². The van der Waals surface area contributed by atoms with Gasteiger partial charge in [-0.3, -0.25) is 19.4 Å². The molecule has 1 saturated heterocycles. The molecule has 4 rings (SSSR count). The zero-order valence-corrected chi connectivity index (χ0v) is 18.7. The summed E-state index contributed by atoms with van der Waals surface area (Å²) in [7, 11) is 0. The average Bonchev–Trinajstić information content (AvgIpc) is 3.17. The molecule has 2 aliphatic rings. The third kappa shape index (κ3) is 3.68. The number of benzene rings is 2. The third-order valence-electron chi connectivity index (χ3n) is 5.92. The van der Waals surface area contributed by atoms with E-state index in [1.807, 2.05) is 6.82 Å². The first-order valence-electron chi connectivity index (χ1n) is 9.71. The van der Waals surface area contributed by atoms with Crippen molar-refractivity contribution in [3.63, 3.8) is 0 Å². The van der Waals surface area contributed by atoms with Crippen LogP contribution in [-0.4, -0.2) is 41.9 Å². The van der Waals surface area contributed by atoms with E-state index >= 15 is 0 Å². The number of carbonyl (C=O) groups excluding carboxylic acids is 3. The number of ether oxygens (including phenoxy) is 1. The Labute approximate surface area is 190 Å². The van der Waals surface area contributed by atoms with Crippen LogP contribution in [0.3, 0.4) is 0 Å². The van der Waals surface area contributed by atoms with Gasteiger partial charge >= 0.3 is 12.2 Å². The smallest absolute Gasteiger partial charge is 0.416 e. The summed E-state index contributed by atoms with van der Waals surface area (Å²) in [6.45, 7) is 3.02. The Kier molecular flexibility index (Phi) is 5.35. The maximum Gasteiger partial charge on any atom is 0.416 e. The highest BCUT2D eigenvalue weighted by Gasteiger charge is 2.46. The molecular weight excluding hydrogens is 492 g/mol. The van der Waals surface area contributed by atoms with Gasteiger partial charge < -0.3 is 4.74 Å². The number of urea groups is 1. The van der Waals surface area contributed by atoms with E-state index < -0.39 is 29.2 Å². The Morgan fingerprint density at radius 2 is 1.88 bits per heavy atom. The van der Waals surface area contributed by atoms with Crippen molar-refractivity contribution in [2.24, 2.45) is 0 Å². The van der Waals surface area contributed by atoms with Crippen LogP contribution in [0.25, 0.3) is 0 Å². The van der Waals surface area contributed by atoms with Crippen LogP contribution >= 0.6 is 15.9 Å². The highest BCUT2D eigenvalue weighted by molar-refractivity contribution is 9.10. The van der Waals surface area contributed by atoms with Crippen LogP contribution in [0.2, 0.25) is 6.82 Å². The van der Waals surface area contributed by atoms with Crippen LogP contribution in [-0.2, 0) is 22.3 Å². The number of hydrogen-bond donors (Lipinski definition) is 0. The van der Waals surface area contributed by atoms with Gasteiger partial charge in [0, 0.05) is 5.69 Å². The number of anilines is 1. The van der Waals surface area contributed by atoms with Crippen LogP contribution in [0, 0.1) is 0 Å². The largest absolute Gasteiger partial charge is 0.488 e. The summed E-state index contributed by atoms with van der Waals surface area (Å²) in [6, 6.07) is 6.97. The molecule has 0 radical (unpaired) electrons. The number of halogens is 4. The number of alkyl halides is 3. The fourth-order valence-electron chi connectivity index (χ4n) is 3.85. The number of aldehydes is 1. The Morgan fingerprint density at radius 3 is 2.47 bits per heavy atom. The van der Waals surface area contributed by atoms with Gasteiger partial charge in [0.15, 0.2) is 6.29 Å². The molecule has 0 aromatic heterocycles. The van der Waals surface area contributed by atoms with E-state index in [2.05, 4.69) is 15.9 Å². The zero-order chi connectivity index (χ0) is 23.4. The molecule has 3 amide bonds. The minimum atomic E-state index is -4.49. The average molecular weight is 509 g/mol. The fraction of sp³-hybridized carbons (Fsp3) is 0.286. The van der Waals surface area contributed by atoms with Crippen LogP contribution in [0.4, 0.5) is 23.7 Å². The van der Waals surface area contributed by atoms with Crippen LogP contribution in [0.5, 0.6) is 5.75 Å². The zero-order valence-electron chi connectivity index (χ0n) is 17.1. The van der Waals surface area contributed by atoms with Gasteiger partial charge in [0.2, 0.25) is 6.71 Å². The summed E-state index contributed by atoms with van der Waals surface area (Å²) >= 11 is 3.43. The van der Waals surface area contributed by atoms with E-state index in [4.69, 9.17) is 4.74 Å². The van der Waals surface area contributed by atoms with Crippen molar-refractivity contribution in [3.05, 3.63) is 52.0 Å². The molecule has 32 heavy (non-hydrogen) atoms. The second-order valence-corrected chi connectivity index (χ2v) is 8.87. The molecule has 0 N–H and O–H groups in total. The predicted molar refractivity (Wildman–Crippen MR) is 115 cm³/mol. The predicted octanol–water partition coefficient (Wildman–Crippen LogP) is 3.66. The lowest BCUT2D eigenvalue weighted by molar-refractivity contribution is -0.137. The third-order valence-corrected chi connectivity index (χ3v) is 6.51. The highest BCUT2D eigenvalue weighted by atomic mass is 79.9. The maximum absolute atomic E-state index is 12.9. The van der Waals surface area contributed by atoms with E-state index in [1.54, 1.807) is 19.1 Å². The SMILES string of the molecule is CB1c2cc(CN3C(=O)CN(c4ccc(C(F)(F)F)cc4)C3=O)cc(Br)c2OC1(C)C=O. The fourth-order valence-corrected chi connectivity index (χ4v) is 4.45. The first kappa shape index (κ1) is 22.4. The van der Waals surface area contributed by atoms with E-state index in [9.17, 15) is 27.6 Å². The number of nitrogens with zero attached hydrogens (tertiary/aromatic N) is 2. The molecule has 1 atom stereocenters. The van der Waals surface area contributed by atoms with Crippen LogP contribution in [0.1, 0.15) is 18.1 Å². The molecular formula is C21H17BBrF3N2O4. The van der Waals surface area contributed by atoms with E-state index in [-0.39, 0.29) is 25.5 Å².